The first-order valence-corrected chi connectivity index (χ1v) is 8.47. The van der Waals surface area contributed by atoms with Crippen LogP contribution in [-0.4, -0.2) is 24.1 Å². The molecular weight excluding hydrogens is 334 g/mol. The Kier molecular flexibility index (Phi) is 4.38. The molecule has 1 aliphatic rings. The Bertz CT molecular complexity index is 567. The van der Waals surface area contributed by atoms with Crippen molar-refractivity contribution >= 4 is 33.0 Å². The molecule has 1 aromatic heterocycles. The summed E-state index contributed by atoms with van der Waals surface area (Å²) in [7, 11) is 0. The van der Waals surface area contributed by atoms with E-state index in [1.165, 1.54) is 17.0 Å². The van der Waals surface area contributed by atoms with E-state index in [9.17, 15) is 0 Å². The number of anilines is 1. The van der Waals surface area contributed by atoms with Crippen molar-refractivity contribution in [1.82, 2.24) is 10.3 Å². The van der Waals surface area contributed by atoms with Crippen LogP contribution in [0.1, 0.15) is 16.3 Å². The molecule has 2 aromatic rings. The van der Waals surface area contributed by atoms with E-state index in [1.54, 1.807) is 11.3 Å². The van der Waals surface area contributed by atoms with Crippen molar-refractivity contribution in [3.05, 3.63) is 44.8 Å². The molecule has 20 heavy (non-hydrogen) atoms. The molecule has 106 valence electrons. The number of aryl methyl sites for hydroxylation is 1. The van der Waals surface area contributed by atoms with Crippen LogP contribution in [0.15, 0.2) is 34.9 Å². The number of aromatic nitrogens is 1. The molecule has 3 nitrogen and oxygen atoms in total. The lowest BCUT2D eigenvalue weighted by Crippen LogP contribution is -2.31. The third-order valence-electron chi connectivity index (χ3n) is 3.61. The second-order valence-corrected chi connectivity index (χ2v) is 7.37. The van der Waals surface area contributed by atoms with Gasteiger partial charge in [0, 0.05) is 46.9 Å². The number of nitrogens with zero attached hydrogens (tertiary/aromatic N) is 2. The van der Waals surface area contributed by atoms with Crippen molar-refractivity contribution in [3.63, 3.8) is 0 Å². The smallest absolute Gasteiger partial charge is 0.0897 e. The molecule has 1 fully saturated rings. The van der Waals surface area contributed by atoms with Gasteiger partial charge in [0.15, 0.2) is 0 Å². The van der Waals surface area contributed by atoms with Crippen LogP contribution in [-0.2, 0) is 6.54 Å². The van der Waals surface area contributed by atoms with E-state index in [1.807, 2.05) is 6.20 Å². The van der Waals surface area contributed by atoms with Gasteiger partial charge >= 0.3 is 0 Å². The maximum absolute atomic E-state index is 4.30. The third kappa shape index (κ3) is 3.40. The molecule has 1 N–H and O–H groups in total. The van der Waals surface area contributed by atoms with Crippen LogP contribution in [0.5, 0.6) is 0 Å². The van der Waals surface area contributed by atoms with Crippen LogP contribution in [0.25, 0.3) is 0 Å². The minimum atomic E-state index is 0.570. The Labute approximate surface area is 132 Å². The lowest BCUT2D eigenvalue weighted by molar-refractivity contribution is 0.554. The van der Waals surface area contributed by atoms with Gasteiger partial charge in [-0.15, -0.1) is 11.3 Å². The van der Waals surface area contributed by atoms with Gasteiger partial charge in [-0.1, -0.05) is 15.9 Å². The summed E-state index contributed by atoms with van der Waals surface area (Å²) >= 11 is 5.26. The maximum atomic E-state index is 4.30. The standard InChI is InChI=1S/C15H18BrN3S/c1-11-17-8-15(20-11)9-18-13-6-7-19(10-13)14-4-2-12(16)3-5-14/h2-5,8,13,18H,6-7,9-10H2,1H3. The summed E-state index contributed by atoms with van der Waals surface area (Å²) in [4.78, 5) is 8.07. The van der Waals surface area contributed by atoms with E-state index in [0.29, 0.717) is 6.04 Å². The maximum Gasteiger partial charge on any atom is 0.0897 e. The highest BCUT2D eigenvalue weighted by Crippen LogP contribution is 2.23. The summed E-state index contributed by atoms with van der Waals surface area (Å²) in [6, 6.07) is 9.14. The largest absolute Gasteiger partial charge is 0.370 e. The Balaban J connectivity index is 1.53. The van der Waals surface area contributed by atoms with Crippen LogP contribution in [0, 0.1) is 6.92 Å². The normalized spacial score (nSPS) is 18.7. The molecule has 3 rings (SSSR count). The van der Waals surface area contributed by atoms with Crippen molar-refractivity contribution in [1.29, 1.82) is 0 Å². The fourth-order valence-electron chi connectivity index (χ4n) is 2.55. The molecule has 0 bridgehead atoms. The fourth-order valence-corrected chi connectivity index (χ4v) is 3.56. The highest BCUT2D eigenvalue weighted by Gasteiger charge is 2.22. The zero-order valence-corrected chi connectivity index (χ0v) is 13.9. The predicted octanol–water partition coefficient (Wildman–Crippen LogP) is 3.58. The average molecular weight is 352 g/mol. The number of halogens is 1. The van der Waals surface area contributed by atoms with Crippen LogP contribution in [0.4, 0.5) is 5.69 Å². The van der Waals surface area contributed by atoms with E-state index >= 15 is 0 Å². The van der Waals surface area contributed by atoms with Crippen molar-refractivity contribution in [3.8, 4) is 0 Å². The monoisotopic (exact) mass is 351 g/mol. The number of benzene rings is 1. The summed E-state index contributed by atoms with van der Waals surface area (Å²) in [5.74, 6) is 0. The summed E-state index contributed by atoms with van der Waals surface area (Å²) in [5, 5.41) is 4.79. The van der Waals surface area contributed by atoms with E-state index in [-0.39, 0.29) is 0 Å². The van der Waals surface area contributed by atoms with Gasteiger partial charge in [0.2, 0.25) is 0 Å². The minimum absolute atomic E-state index is 0.570. The number of hydrogen-bond acceptors (Lipinski definition) is 4. The van der Waals surface area contributed by atoms with E-state index < -0.39 is 0 Å². The fraction of sp³-hybridized carbons (Fsp3) is 0.400. The molecule has 0 saturated carbocycles. The van der Waals surface area contributed by atoms with Gasteiger partial charge in [-0.25, -0.2) is 4.98 Å². The molecule has 0 amide bonds. The Morgan fingerprint density at radius 3 is 2.90 bits per heavy atom. The minimum Gasteiger partial charge on any atom is -0.370 e. The quantitative estimate of drug-likeness (QED) is 0.912. The SMILES string of the molecule is Cc1ncc(CNC2CCN(c3ccc(Br)cc3)C2)s1. The molecule has 5 heteroatoms. The summed E-state index contributed by atoms with van der Waals surface area (Å²) in [6.07, 6.45) is 3.18. The van der Waals surface area contributed by atoms with Gasteiger partial charge < -0.3 is 10.2 Å². The van der Waals surface area contributed by atoms with Crippen molar-refractivity contribution in [2.75, 3.05) is 18.0 Å². The van der Waals surface area contributed by atoms with Crippen molar-refractivity contribution < 1.29 is 0 Å². The third-order valence-corrected chi connectivity index (χ3v) is 5.06. The first kappa shape index (κ1) is 14.0. The highest BCUT2D eigenvalue weighted by atomic mass is 79.9. The van der Waals surface area contributed by atoms with Crippen LogP contribution < -0.4 is 10.2 Å². The summed E-state index contributed by atoms with van der Waals surface area (Å²) in [6.45, 7) is 5.20. The Morgan fingerprint density at radius 2 is 2.20 bits per heavy atom. The molecule has 1 saturated heterocycles. The number of rotatable bonds is 4. The highest BCUT2D eigenvalue weighted by molar-refractivity contribution is 9.10. The molecule has 1 atom stereocenters. The first-order chi connectivity index (χ1) is 9.70. The van der Waals surface area contributed by atoms with Gasteiger partial charge in [-0.2, -0.15) is 0 Å². The van der Waals surface area contributed by atoms with Gasteiger partial charge in [0.1, 0.15) is 0 Å². The molecule has 1 aromatic carbocycles. The predicted molar refractivity (Wildman–Crippen MR) is 88.5 cm³/mol. The molecule has 0 aliphatic carbocycles. The summed E-state index contributed by atoms with van der Waals surface area (Å²) in [5.41, 5.74) is 1.31. The number of hydrogen-bond donors (Lipinski definition) is 1. The van der Waals surface area contributed by atoms with E-state index in [4.69, 9.17) is 0 Å². The van der Waals surface area contributed by atoms with Gasteiger partial charge in [0.25, 0.3) is 0 Å². The summed E-state index contributed by atoms with van der Waals surface area (Å²) < 4.78 is 1.13. The first-order valence-electron chi connectivity index (χ1n) is 6.86. The van der Waals surface area contributed by atoms with Crippen LogP contribution in [0.3, 0.4) is 0 Å². The molecular formula is C15H18BrN3S. The molecule has 0 radical (unpaired) electrons. The van der Waals surface area contributed by atoms with E-state index in [2.05, 4.69) is 62.3 Å². The second kappa shape index (κ2) is 6.24. The zero-order chi connectivity index (χ0) is 13.9. The molecule has 0 spiro atoms. The van der Waals surface area contributed by atoms with Gasteiger partial charge in [-0.05, 0) is 37.6 Å². The van der Waals surface area contributed by atoms with Crippen molar-refractivity contribution in [2.24, 2.45) is 0 Å². The zero-order valence-electron chi connectivity index (χ0n) is 11.5. The number of thiazole rings is 1. The topological polar surface area (TPSA) is 28.2 Å². The molecule has 1 unspecified atom stereocenters. The molecule has 1 aliphatic heterocycles. The number of nitrogens with one attached hydrogen (secondary N) is 1. The van der Waals surface area contributed by atoms with E-state index in [0.717, 1.165) is 29.1 Å². The lowest BCUT2D eigenvalue weighted by Gasteiger charge is -2.19. The second-order valence-electron chi connectivity index (χ2n) is 5.13. The van der Waals surface area contributed by atoms with Crippen LogP contribution >= 0.6 is 27.3 Å². The Morgan fingerprint density at radius 1 is 1.40 bits per heavy atom. The van der Waals surface area contributed by atoms with Crippen LogP contribution in [0.2, 0.25) is 0 Å². The van der Waals surface area contributed by atoms with Crippen molar-refractivity contribution in [2.45, 2.75) is 25.9 Å². The van der Waals surface area contributed by atoms with Gasteiger partial charge in [-0.3, -0.25) is 0 Å². The molecule has 2 heterocycles. The Hall–Kier alpha value is -0.910. The lowest BCUT2D eigenvalue weighted by atomic mass is 10.2. The average Bonchev–Trinajstić information content (AvgIpc) is 3.06. The van der Waals surface area contributed by atoms with Gasteiger partial charge in [0.05, 0.1) is 5.01 Å².